The van der Waals surface area contributed by atoms with E-state index in [1.54, 1.807) is 6.07 Å². The molecule has 1 saturated heterocycles. The van der Waals surface area contributed by atoms with Gasteiger partial charge in [-0.1, -0.05) is 0 Å². The Balaban J connectivity index is 1.58. The smallest absolute Gasteiger partial charge is 0.267 e. The molecule has 26 heavy (non-hydrogen) atoms. The van der Waals surface area contributed by atoms with Crippen LogP contribution >= 0.6 is 0 Å². The number of likely N-dealkylation sites (tertiary alicyclic amines) is 1. The fourth-order valence-corrected chi connectivity index (χ4v) is 3.49. The molecular weight excluding hydrogens is 338 g/mol. The summed E-state index contributed by atoms with van der Waals surface area (Å²) in [6.45, 7) is 2.29. The third kappa shape index (κ3) is 5.05. The van der Waals surface area contributed by atoms with E-state index in [9.17, 15) is 13.6 Å². The first kappa shape index (κ1) is 18.4. The van der Waals surface area contributed by atoms with Crippen LogP contribution < -0.4 is 5.73 Å². The molecule has 0 unspecified atom stereocenters. The highest BCUT2D eigenvalue weighted by Gasteiger charge is 2.19. The van der Waals surface area contributed by atoms with E-state index in [2.05, 4.69) is 14.9 Å². The van der Waals surface area contributed by atoms with Crippen molar-refractivity contribution in [2.75, 3.05) is 13.1 Å². The Bertz CT molecular complexity index is 764. The number of hydrogen-bond acceptors (Lipinski definition) is 4. The molecule has 1 aliphatic rings. The molecule has 3 rings (SSSR count). The first-order valence-corrected chi connectivity index (χ1v) is 8.77. The van der Waals surface area contributed by atoms with Crippen molar-refractivity contribution in [3.63, 3.8) is 0 Å². The highest BCUT2D eigenvalue weighted by molar-refractivity contribution is 5.90. The van der Waals surface area contributed by atoms with Gasteiger partial charge in [0.1, 0.15) is 23.7 Å². The highest BCUT2D eigenvalue weighted by atomic mass is 19.1. The highest BCUT2D eigenvalue weighted by Crippen LogP contribution is 2.22. The number of carbonyl (C=O) groups excluding carboxylic acids is 1. The fraction of sp³-hybridized carbons (Fsp3) is 0.421. The van der Waals surface area contributed by atoms with Crippen molar-refractivity contribution in [1.29, 1.82) is 0 Å². The first-order chi connectivity index (χ1) is 12.5. The summed E-state index contributed by atoms with van der Waals surface area (Å²) in [6.07, 6.45) is 5.16. The van der Waals surface area contributed by atoms with Crippen LogP contribution in [0.5, 0.6) is 0 Å². The van der Waals surface area contributed by atoms with Gasteiger partial charge in [-0.05, 0) is 68.5 Å². The minimum atomic E-state index is -0.553. The molecule has 0 saturated carbocycles. The summed E-state index contributed by atoms with van der Waals surface area (Å²) < 4.78 is 26.7. The number of halogens is 2. The average Bonchev–Trinajstić information content (AvgIpc) is 2.79. The molecule has 5 nitrogen and oxygen atoms in total. The molecule has 0 spiro atoms. The second kappa shape index (κ2) is 8.31. The van der Waals surface area contributed by atoms with Crippen molar-refractivity contribution >= 4 is 5.91 Å². The van der Waals surface area contributed by atoms with Crippen molar-refractivity contribution in [1.82, 2.24) is 14.9 Å². The average molecular weight is 360 g/mol. The number of amides is 1. The molecule has 1 fully saturated rings. The number of aromatic nitrogens is 2. The van der Waals surface area contributed by atoms with Crippen molar-refractivity contribution < 1.29 is 13.6 Å². The Morgan fingerprint density at radius 3 is 2.62 bits per heavy atom. The van der Waals surface area contributed by atoms with E-state index in [0.717, 1.165) is 50.5 Å². The van der Waals surface area contributed by atoms with E-state index >= 15 is 0 Å². The second-order valence-electron chi connectivity index (χ2n) is 6.81. The third-order valence-electron chi connectivity index (χ3n) is 4.74. The Morgan fingerprint density at radius 1 is 1.12 bits per heavy atom. The van der Waals surface area contributed by atoms with Crippen LogP contribution in [-0.2, 0) is 13.0 Å². The van der Waals surface area contributed by atoms with Crippen LogP contribution in [-0.4, -0.2) is 33.9 Å². The van der Waals surface area contributed by atoms with E-state index in [0.29, 0.717) is 18.0 Å². The molecule has 1 aromatic carbocycles. The van der Waals surface area contributed by atoms with Gasteiger partial charge in [0, 0.05) is 18.3 Å². The Hall–Kier alpha value is -2.41. The Labute approximate surface area is 151 Å². The number of nitrogens with two attached hydrogens (primary N) is 1. The van der Waals surface area contributed by atoms with Crippen LogP contribution in [0.25, 0.3) is 0 Å². The van der Waals surface area contributed by atoms with Gasteiger partial charge >= 0.3 is 0 Å². The lowest BCUT2D eigenvalue weighted by Gasteiger charge is -2.20. The molecule has 2 heterocycles. The topological polar surface area (TPSA) is 72.1 Å². The number of nitrogens with zero attached hydrogens (tertiary/aromatic N) is 3. The zero-order chi connectivity index (χ0) is 18.5. The molecule has 1 aliphatic heterocycles. The third-order valence-corrected chi connectivity index (χ3v) is 4.74. The lowest BCUT2D eigenvalue weighted by Crippen LogP contribution is -2.24. The van der Waals surface area contributed by atoms with Crippen LogP contribution in [0.2, 0.25) is 0 Å². The molecule has 1 atom stereocenters. The van der Waals surface area contributed by atoms with Crippen molar-refractivity contribution in [3.8, 4) is 0 Å². The second-order valence-corrected chi connectivity index (χ2v) is 6.81. The van der Waals surface area contributed by atoms with Crippen molar-refractivity contribution in [3.05, 3.63) is 59.2 Å². The largest absolute Gasteiger partial charge is 0.364 e. The summed E-state index contributed by atoms with van der Waals surface area (Å²) in [5, 5.41) is 0. The van der Waals surface area contributed by atoms with E-state index in [1.165, 1.54) is 18.5 Å². The summed E-state index contributed by atoms with van der Waals surface area (Å²) >= 11 is 0. The quantitative estimate of drug-likeness (QED) is 0.890. The van der Waals surface area contributed by atoms with Crippen molar-refractivity contribution in [2.24, 2.45) is 11.7 Å². The van der Waals surface area contributed by atoms with E-state index < -0.39 is 17.5 Å². The molecule has 2 N–H and O–H groups in total. The van der Waals surface area contributed by atoms with Crippen molar-refractivity contribution in [2.45, 2.75) is 32.2 Å². The van der Waals surface area contributed by atoms with Crippen LogP contribution in [0.15, 0.2) is 30.6 Å². The van der Waals surface area contributed by atoms with E-state index in [-0.39, 0.29) is 5.69 Å². The molecule has 0 radical (unpaired) electrons. The SMILES string of the molecule is NC(=O)c1cc(C[C@@H]2CCCN(Cc3cc(F)cc(F)c3)CC2)ncn1. The van der Waals surface area contributed by atoms with E-state index in [1.807, 2.05) is 0 Å². The monoisotopic (exact) mass is 360 g/mol. The predicted molar refractivity (Wildman–Crippen MR) is 93.2 cm³/mol. The van der Waals surface area contributed by atoms with Gasteiger partial charge < -0.3 is 5.73 Å². The van der Waals surface area contributed by atoms with Gasteiger partial charge in [0.15, 0.2) is 0 Å². The Morgan fingerprint density at radius 2 is 1.88 bits per heavy atom. The maximum Gasteiger partial charge on any atom is 0.267 e. The number of benzene rings is 1. The van der Waals surface area contributed by atoms with Gasteiger partial charge in [-0.15, -0.1) is 0 Å². The number of carbonyl (C=O) groups is 1. The van der Waals surface area contributed by atoms with Gasteiger partial charge in [-0.25, -0.2) is 18.7 Å². The molecule has 2 aromatic rings. The maximum absolute atomic E-state index is 13.4. The number of primary amides is 1. The fourth-order valence-electron chi connectivity index (χ4n) is 3.49. The Kier molecular flexibility index (Phi) is 5.88. The summed E-state index contributed by atoms with van der Waals surface area (Å²) in [5.74, 6) is -1.19. The van der Waals surface area contributed by atoms with Crippen LogP contribution in [0.3, 0.4) is 0 Å². The van der Waals surface area contributed by atoms with Gasteiger partial charge in [0.2, 0.25) is 0 Å². The molecule has 7 heteroatoms. The summed E-state index contributed by atoms with van der Waals surface area (Å²) in [6, 6.07) is 5.32. The zero-order valence-electron chi connectivity index (χ0n) is 14.5. The van der Waals surface area contributed by atoms with Gasteiger partial charge in [-0.3, -0.25) is 9.69 Å². The van der Waals surface area contributed by atoms with Crippen LogP contribution in [0, 0.1) is 17.6 Å². The minimum Gasteiger partial charge on any atom is -0.364 e. The molecular formula is C19H22F2N4O. The molecule has 0 aliphatic carbocycles. The lowest BCUT2D eigenvalue weighted by molar-refractivity contribution is 0.0995. The predicted octanol–water partition coefficient (Wildman–Crippen LogP) is 2.70. The van der Waals surface area contributed by atoms with Crippen LogP contribution in [0.1, 0.15) is 41.0 Å². The molecule has 138 valence electrons. The standard InChI is InChI=1S/C19H22F2N4O/c20-15-6-14(7-16(21)9-15)11-25-4-1-2-13(3-5-25)8-17-10-18(19(22)26)24-12-23-17/h6-7,9-10,12-13H,1-5,8,11H2,(H2,22,26)/t13-/m1/s1. The van der Waals surface area contributed by atoms with Crippen LogP contribution in [0.4, 0.5) is 8.78 Å². The lowest BCUT2D eigenvalue weighted by atomic mass is 9.95. The summed E-state index contributed by atoms with van der Waals surface area (Å²) in [4.78, 5) is 21.6. The maximum atomic E-state index is 13.4. The molecule has 1 amide bonds. The summed E-state index contributed by atoms with van der Waals surface area (Å²) in [5.41, 5.74) is 6.97. The van der Waals surface area contributed by atoms with Gasteiger partial charge in [0.25, 0.3) is 5.91 Å². The first-order valence-electron chi connectivity index (χ1n) is 8.77. The van der Waals surface area contributed by atoms with Gasteiger partial charge in [-0.2, -0.15) is 0 Å². The molecule has 1 aromatic heterocycles. The number of hydrogen-bond donors (Lipinski definition) is 1. The van der Waals surface area contributed by atoms with Gasteiger partial charge in [0.05, 0.1) is 0 Å². The molecule has 0 bridgehead atoms. The number of rotatable bonds is 5. The van der Waals surface area contributed by atoms with E-state index in [4.69, 9.17) is 5.73 Å². The minimum absolute atomic E-state index is 0.235. The zero-order valence-corrected chi connectivity index (χ0v) is 14.5. The normalized spacial score (nSPS) is 18.5. The summed E-state index contributed by atoms with van der Waals surface area (Å²) in [7, 11) is 0.